The molecule has 1 aliphatic carbocycles. The Kier molecular flexibility index (Phi) is 2.61. The topological polar surface area (TPSA) is 47.3 Å². The number of anilines is 2. The van der Waals surface area contributed by atoms with Crippen molar-refractivity contribution in [3.05, 3.63) is 18.2 Å². The van der Waals surface area contributed by atoms with Gasteiger partial charge >= 0.3 is 0 Å². The lowest BCUT2D eigenvalue weighted by molar-refractivity contribution is 0.116. The molecule has 1 fully saturated rings. The van der Waals surface area contributed by atoms with Crippen LogP contribution in [0.4, 0.5) is 11.4 Å². The highest BCUT2D eigenvalue weighted by molar-refractivity contribution is 5.63. The van der Waals surface area contributed by atoms with Crippen molar-refractivity contribution in [1.82, 2.24) is 0 Å². The van der Waals surface area contributed by atoms with E-state index in [1.807, 2.05) is 18.2 Å². The van der Waals surface area contributed by atoms with Crippen molar-refractivity contribution in [2.75, 3.05) is 24.2 Å². The summed E-state index contributed by atoms with van der Waals surface area (Å²) in [7, 11) is 0. The monoisotopic (exact) mass is 232 g/mol. The molecule has 0 amide bonds. The van der Waals surface area contributed by atoms with Crippen molar-refractivity contribution in [2.45, 2.75) is 32.1 Å². The molecule has 3 rings (SSSR count). The van der Waals surface area contributed by atoms with Crippen LogP contribution in [0.5, 0.6) is 5.75 Å². The molecule has 2 aliphatic rings. The maximum atomic E-state index is 5.98. The van der Waals surface area contributed by atoms with Gasteiger partial charge in [-0.2, -0.15) is 0 Å². The van der Waals surface area contributed by atoms with Crippen LogP contribution in [0.1, 0.15) is 32.1 Å². The first kappa shape index (κ1) is 10.8. The van der Waals surface area contributed by atoms with Crippen molar-refractivity contribution in [2.24, 2.45) is 5.41 Å². The summed E-state index contributed by atoms with van der Waals surface area (Å²) in [5.41, 5.74) is 7.99. The van der Waals surface area contributed by atoms with E-state index in [0.717, 1.165) is 30.3 Å². The lowest BCUT2D eigenvalue weighted by Gasteiger charge is -2.35. The van der Waals surface area contributed by atoms with Crippen molar-refractivity contribution in [3.63, 3.8) is 0 Å². The zero-order valence-corrected chi connectivity index (χ0v) is 10.2. The highest BCUT2D eigenvalue weighted by Crippen LogP contribution is 2.41. The Morgan fingerprint density at radius 1 is 1.18 bits per heavy atom. The molecule has 0 bridgehead atoms. The number of ether oxygens (including phenoxy) is 1. The largest absolute Gasteiger partial charge is 0.491 e. The molecule has 1 aromatic carbocycles. The van der Waals surface area contributed by atoms with Gasteiger partial charge in [0, 0.05) is 23.7 Å². The second-order valence-electron chi connectivity index (χ2n) is 5.46. The van der Waals surface area contributed by atoms with Crippen molar-refractivity contribution in [1.29, 1.82) is 0 Å². The van der Waals surface area contributed by atoms with Gasteiger partial charge in [0.05, 0.1) is 12.3 Å². The molecule has 3 heteroatoms. The molecule has 0 saturated heterocycles. The molecule has 0 unspecified atom stereocenters. The summed E-state index contributed by atoms with van der Waals surface area (Å²) in [6.45, 7) is 1.86. The van der Waals surface area contributed by atoms with Crippen molar-refractivity contribution in [3.8, 4) is 5.75 Å². The second kappa shape index (κ2) is 4.13. The minimum Gasteiger partial charge on any atom is -0.491 e. The third-order valence-corrected chi connectivity index (χ3v) is 4.11. The fourth-order valence-corrected chi connectivity index (χ4v) is 2.99. The predicted octanol–water partition coefficient (Wildman–Crippen LogP) is 3.02. The fraction of sp³-hybridized carbons (Fsp3) is 0.571. The maximum absolute atomic E-state index is 5.98. The summed E-state index contributed by atoms with van der Waals surface area (Å²) < 4.78 is 5.98. The molecule has 92 valence electrons. The number of hydrogen-bond acceptors (Lipinski definition) is 3. The quantitative estimate of drug-likeness (QED) is 0.676. The first-order valence-electron chi connectivity index (χ1n) is 6.54. The van der Waals surface area contributed by atoms with Crippen LogP contribution < -0.4 is 15.8 Å². The fourth-order valence-electron chi connectivity index (χ4n) is 2.99. The highest BCUT2D eigenvalue weighted by Gasteiger charge is 2.34. The number of nitrogen functional groups attached to an aromatic ring is 1. The average Bonchev–Trinajstić information content (AvgIpc) is 2.52. The van der Waals surface area contributed by atoms with E-state index in [9.17, 15) is 0 Å². The van der Waals surface area contributed by atoms with Gasteiger partial charge < -0.3 is 15.8 Å². The lowest BCUT2D eigenvalue weighted by atomic mass is 9.74. The average molecular weight is 232 g/mol. The maximum Gasteiger partial charge on any atom is 0.144 e. The molecule has 1 spiro atoms. The van der Waals surface area contributed by atoms with E-state index in [1.165, 1.54) is 32.1 Å². The standard InChI is InChI=1S/C14H20N2O/c15-11-4-5-12-13(8-11)17-10-14(9-16-12)6-2-1-3-7-14/h4-5,8,16H,1-3,6-7,9-10,15H2. The van der Waals surface area contributed by atoms with Crippen LogP contribution in [-0.4, -0.2) is 13.2 Å². The second-order valence-corrected chi connectivity index (χ2v) is 5.46. The minimum atomic E-state index is 0.339. The van der Waals surface area contributed by atoms with E-state index < -0.39 is 0 Å². The molecule has 3 N–H and O–H groups in total. The third kappa shape index (κ3) is 2.06. The van der Waals surface area contributed by atoms with Gasteiger partial charge in [0.2, 0.25) is 0 Å². The number of hydrogen-bond donors (Lipinski definition) is 2. The van der Waals surface area contributed by atoms with Gasteiger partial charge in [0.15, 0.2) is 0 Å². The van der Waals surface area contributed by atoms with Gasteiger partial charge in [-0.25, -0.2) is 0 Å². The number of nitrogens with one attached hydrogen (secondary N) is 1. The first-order chi connectivity index (χ1) is 8.27. The first-order valence-corrected chi connectivity index (χ1v) is 6.54. The number of nitrogens with two attached hydrogens (primary N) is 1. The van der Waals surface area contributed by atoms with Crippen LogP contribution in [0.15, 0.2) is 18.2 Å². The Bertz CT molecular complexity index is 411. The Balaban J connectivity index is 1.82. The predicted molar refractivity (Wildman–Crippen MR) is 70.4 cm³/mol. The van der Waals surface area contributed by atoms with Gasteiger partial charge in [0.1, 0.15) is 5.75 Å². The summed E-state index contributed by atoms with van der Waals surface area (Å²) in [6, 6.07) is 5.87. The van der Waals surface area contributed by atoms with E-state index in [1.54, 1.807) is 0 Å². The van der Waals surface area contributed by atoms with Gasteiger partial charge in [0.25, 0.3) is 0 Å². The molecule has 1 saturated carbocycles. The molecule has 0 atom stereocenters. The zero-order chi connectivity index (χ0) is 11.7. The van der Waals surface area contributed by atoms with Gasteiger partial charge in [-0.1, -0.05) is 19.3 Å². The summed E-state index contributed by atoms with van der Waals surface area (Å²) in [5.74, 6) is 0.910. The summed E-state index contributed by atoms with van der Waals surface area (Å²) in [5, 5.41) is 3.53. The van der Waals surface area contributed by atoms with Gasteiger partial charge in [-0.15, -0.1) is 0 Å². The zero-order valence-electron chi connectivity index (χ0n) is 10.2. The molecule has 3 nitrogen and oxygen atoms in total. The summed E-state index contributed by atoms with van der Waals surface area (Å²) >= 11 is 0. The molecule has 1 heterocycles. The SMILES string of the molecule is Nc1ccc2c(c1)OCC1(CCCCC1)CN2. The molecule has 0 radical (unpaired) electrons. The minimum absolute atomic E-state index is 0.339. The molecule has 1 aromatic rings. The van der Waals surface area contributed by atoms with Gasteiger partial charge in [-0.05, 0) is 25.0 Å². The number of rotatable bonds is 0. The molecular formula is C14H20N2O. The van der Waals surface area contributed by atoms with Crippen LogP contribution in [-0.2, 0) is 0 Å². The molecule has 17 heavy (non-hydrogen) atoms. The van der Waals surface area contributed by atoms with Gasteiger partial charge in [-0.3, -0.25) is 0 Å². The number of benzene rings is 1. The normalized spacial score (nSPS) is 22.1. The third-order valence-electron chi connectivity index (χ3n) is 4.11. The molecule has 0 aromatic heterocycles. The van der Waals surface area contributed by atoms with Crippen LogP contribution in [0.2, 0.25) is 0 Å². The van der Waals surface area contributed by atoms with Crippen LogP contribution >= 0.6 is 0 Å². The number of fused-ring (bicyclic) bond motifs is 1. The van der Waals surface area contributed by atoms with Crippen molar-refractivity contribution < 1.29 is 4.74 Å². The van der Waals surface area contributed by atoms with E-state index in [0.29, 0.717) is 5.41 Å². The Hall–Kier alpha value is -1.38. The Morgan fingerprint density at radius 2 is 2.00 bits per heavy atom. The lowest BCUT2D eigenvalue weighted by Crippen LogP contribution is -2.36. The van der Waals surface area contributed by atoms with E-state index in [4.69, 9.17) is 10.5 Å². The molecular weight excluding hydrogens is 212 g/mol. The van der Waals surface area contributed by atoms with E-state index in [2.05, 4.69) is 5.32 Å². The van der Waals surface area contributed by atoms with Crippen LogP contribution in [0.25, 0.3) is 0 Å². The van der Waals surface area contributed by atoms with Crippen LogP contribution in [0, 0.1) is 5.41 Å². The van der Waals surface area contributed by atoms with E-state index in [-0.39, 0.29) is 0 Å². The van der Waals surface area contributed by atoms with Crippen LogP contribution in [0.3, 0.4) is 0 Å². The smallest absolute Gasteiger partial charge is 0.144 e. The summed E-state index contributed by atoms with van der Waals surface area (Å²) in [4.78, 5) is 0. The highest BCUT2D eigenvalue weighted by atomic mass is 16.5. The molecule has 1 aliphatic heterocycles. The Labute approximate surface area is 102 Å². The Morgan fingerprint density at radius 3 is 2.82 bits per heavy atom. The van der Waals surface area contributed by atoms with E-state index >= 15 is 0 Å². The van der Waals surface area contributed by atoms with Crippen molar-refractivity contribution >= 4 is 11.4 Å². The summed E-state index contributed by atoms with van der Waals surface area (Å²) in [6.07, 6.45) is 6.61.